The van der Waals surface area contributed by atoms with Crippen LogP contribution in [0.25, 0.3) is 10.7 Å². The Morgan fingerprint density at radius 2 is 2.25 bits per heavy atom. The van der Waals surface area contributed by atoms with E-state index in [1.807, 2.05) is 22.1 Å². The molecule has 0 atom stereocenters. The van der Waals surface area contributed by atoms with E-state index in [9.17, 15) is 14.9 Å². The van der Waals surface area contributed by atoms with Crippen LogP contribution >= 0.6 is 34.7 Å². The molecule has 28 heavy (non-hydrogen) atoms. The fourth-order valence-electron chi connectivity index (χ4n) is 2.36. The van der Waals surface area contributed by atoms with E-state index in [-0.39, 0.29) is 22.2 Å². The minimum absolute atomic E-state index is 0.0134. The summed E-state index contributed by atoms with van der Waals surface area (Å²) < 4.78 is 1.86. The van der Waals surface area contributed by atoms with Crippen molar-refractivity contribution >= 4 is 52.0 Å². The third-order valence-electron chi connectivity index (χ3n) is 3.53. The van der Waals surface area contributed by atoms with Crippen LogP contribution in [0.2, 0.25) is 5.02 Å². The van der Waals surface area contributed by atoms with Gasteiger partial charge in [-0.05, 0) is 23.6 Å². The van der Waals surface area contributed by atoms with Crippen molar-refractivity contribution in [2.75, 3.05) is 11.1 Å². The lowest BCUT2D eigenvalue weighted by Crippen LogP contribution is -2.15. The van der Waals surface area contributed by atoms with E-state index >= 15 is 0 Å². The van der Waals surface area contributed by atoms with Gasteiger partial charge in [-0.25, -0.2) is 0 Å². The van der Waals surface area contributed by atoms with E-state index < -0.39 is 10.8 Å². The number of amides is 1. The molecular formula is C17H14ClN5O3S2. The minimum atomic E-state index is -0.595. The first-order valence-corrected chi connectivity index (χ1v) is 10.2. The van der Waals surface area contributed by atoms with E-state index in [1.54, 1.807) is 17.4 Å². The van der Waals surface area contributed by atoms with Gasteiger partial charge < -0.3 is 5.32 Å². The molecule has 3 rings (SSSR count). The number of nitro groups is 1. The van der Waals surface area contributed by atoms with Gasteiger partial charge in [-0.15, -0.1) is 28.1 Å². The molecule has 2 heterocycles. The zero-order valence-corrected chi connectivity index (χ0v) is 16.8. The van der Waals surface area contributed by atoms with Crippen LogP contribution in [0.3, 0.4) is 0 Å². The van der Waals surface area contributed by atoms with E-state index in [4.69, 9.17) is 11.6 Å². The van der Waals surface area contributed by atoms with Crippen LogP contribution < -0.4 is 5.32 Å². The average Bonchev–Trinajstić information content (AvgIpc) is 3.31. The lowest BCUT2D eigenvalue weighted by atomic mass is 10.2. The smallest absolute Gasteiger partial charge is 0.294 e. The fraction of sp³-hybridized carbons (Fsp3) is 0.118. The molecule has 1 N–H and O–H groups in total. The van der Waals surface area contributed by atoms with Crippen molar-refractivity contribution in [2.45, 2.75) is 11.7 Å². The molecule has 11 heteroatoms. The predicted octanol–water partition coefficient (Wildman–Crippen LogP) is 4.49. The van der Waals surface area contributed by atoms with Crippen molar-refractivity contribution in [1.82, 2.24) is 14.8 Å². The molecule has 0 radical (unpaired) electrons. The molecule has 0 spiro atoms. The molecular weight excluding hydrogens is 422 g/mol. The van der Waals surface area contributed by atoms with E-state index in [2.05, 4.69) is 22.1 Å². The lowest BCUT2D eigenvalue weighted by Gasteiger charge is -2.08. The van der Waals surface area contributed by atoms with Gasteiger partial charge in [0, 0.05) is 17.6 Å². The largest absolute Gasteiger partial charge is 0.320 e. The number of halogens is 1. The van der Waals surface area contributed by atoms with Gasteiger partial charge in [-0.2, -0.15) is 0 Å². The first-order valence-electron chi connectivity index (χ1n) is 7.94. The molecule has 0 aliphatic heterocycles. The molecule has 3 aromatic rings. The number of benzene rings is 1. The zero-order valence-electron chi connectivity index (χ0n) is 14.4. The number of thioether (sulfide) groups is 1. The number of rotatable bonds is 8. The van der Waals surface area contributed by atoms with Gasteiger partial charge in [0.05, 0.1) is 15.6 Å². The quantitative estimate of drug-likeness (QED) is 0.242. The number of allylic oxidation sites excluding steroid dienone is 1. The Labute approximate surface area is 173 Å². The number of nitrogens with one attached hydrogen (secondary N) is 1. The summed E-state index contributed by atoms with van der Waals surface area (Å²) in [6.07, 6.45) is 1.72. The monoisotopic (exact) mass is 435 g/mol. The predicted molar refractivity (Wildman–Crippen MR) is 111 cm³/mol. The van der Waals surface area contributed by atoms with Crippen LogP contribution in [0.4, 0.5) is 11.4 Å². The van der Waals surface area contributed by atoms with Crippen molar-refractivity contribution in [1.29, 1.82) is 0 Å². The van der Waals surface area contributed by atoms with E-state index in [0.717, 1.165) is 4.88 Å². The Kier molecular flexibility index (Phi) is 6.45. The Balaban J connectivity index is 1.72. The van der Waals surface area contributed by atoms with Crippen LogP contribution in [-0.2, 0) is 11.3 Å². The SMILES string of the molecule is C=CCn1c(SCC(=O)Nc2ccc(Cl)cc2[N+](=O)[O-])nnc1-c1cccs1. The van der Waals surface area contributed by atoms with Crippen molar-refractivity contribution in [3.63, 3.8) is 0 Å². The highest BCUT2D eigenvalue weighted by Crippen LogP contribution is 2.29. The molecule has 144 valence electrons. The van der Waals surface area contributed by atoms with Crippen LogP contribution in [0.15, 0.2) is 53.5 Å². The number of nitro benzene ring substituents is 1. The number of nitrogens with zero attached hydrogens (tertiary/aromatic N) is 4. The normalized spacial score (nSPS) is 10.6. The maximum Gasteiger partial charge on any atom is 0.294 e. The number of thiophene rings is 1. The Bertz CT molecular complexity index is 1020. The number of aromatic nitrogens is 3. The molecule has 8 nitrogen and oxygen atoms in total. The first-order chi connectivity index (χ1) is 13.5. The van der Waals surface area contributed by atoms with Crippen LogP contribution in [0.1, 0.15) is 0 Å². The highest BCUT2D eigenvalue weighted by molar-refractivity contribution is 7.99. The average molecular weight is 436 g/mol. The molecule has 0 aliphatic rings. The summed E-state index contributed by atoms with van der Waals surface area (Å²) in [5.41, 5.74) is -0.174. The minimum Gasteiger partial charge on any atom is -0.320 e. The summed E-state index contributed by atoms with van der Waals surface area (Å²) in [5, 5.41) is 24.8. The van der Waals surface area contributed by atoms with Gasteiger partial charge in [0.2, 0.25) is 5.91 Å². The van der Waals surface area contributed by atoms with Gasteiger partial charge in [0.1, 0.15) is 5.69 Å². The van der Waals surface area contributed by atoms with Crippen molar-refractivity contribution in [3.8, 4) is 10.7 Å². The number of carbonyl (C=O) groups is 1. The second-order valence-corrected chi connectivity index (χ2v) is 7.76. The summed E-state index contributed by atoms with van der Waals surface area (Å²) in [6.45, 7) is 4.24. The summed E-state index contributed by atoms with van der Waals surface area (Å²) in [6, 6.07) is 7.93. The maximum absolute atomic E-state index is 12.3. The summed E-state index contributed by atoms with van der Waals surface area (Å²) in [5.74, 6) is 0.312. The second-order valence-electron chi connectivity index (χ2n) is 5.44. The molecule has 0 saturated heterocycles. The highest BCUT2D eigenvalue weighted by atomic mass is 35.5. The van der Waals surface area contributed by atoms with Gasteiger partial charge in [-0.1, -0.05) is 35.5 Å². The second kappa shape index (κ2) is 9.00. The topological polar surface area (TPSA) is 103 Å². The van der Waals surface area contributed by atoms with Gasteiger partial charge in [0.25, 0.3) is 5.69 Å². The standard InChI is InChI=1S/C17H14ClN5O3S2/c1-2-7-22-16(14-4-3-8-27-14)20-21-17(22)28-10-15(24)19-12-6-5-11(18)9-13(12)23(25)26/h2-6,8-9H,1,7,10H2,(H,19,24). The zero-order chi connectivity index (χ0) is 20.1. The van der Waals surface area contributed by atoms with E-state index in [0.29, 0.717) is 17.5 Å². The Hall–Kier alpha value is -2.69. The lowest BCUT2D eigenvalue weighted by molar-refractivity contribution is -0.383. The molecule has 0 saturated carbocycles. The van der Waals surface area contributed by atoms with Crippen molar-refractivity contribution < 1.29 is 9.72 Å². The molecule has 0 bridgehead atoms. The summed E-state index contributed by atoms with van der Waals surface area (Å²) in [7, 11) is 0. The van der Waals surface area contributed by atoms with Crippen LogP contribution in [-0.4, -0.2) is 31.3 Å². The van der Waals surface area contributed by atoms with Gasteiger partial charge in [0.15, 0.2) is 11.0 Å². The van der Waals surface area contributed by atoms with Crippen LogP contribution in [0.5, 0.6) is 0 Å². The molecule has 0 fully saturated rings. The third-order valence-corrected chi connectivity index (χ3v) is 5.60. The first kappa shape index (κ1) is 20.1. The number of hydrogen-bond donors (Lipinski definition) is 1. The third kappa shape index (κ3) is 4.58. The number of anilines is 1. The molecule has 1 amide bonds. The van der Waals surface area contributed by atoms with E-state index in [1.165, 1.54) is 30.0 Å². The van der Waals surface area contributed by atoms with Crippen molar-refractivity contribution in [2.24, 2.45) is 0 Å². The maximum atomic E-state index is 12.3. The molecule has 0 aliphatic carbocycles. The van der Waals surface area contributed by atoms with Gasteiger partial charge in [-0.3, -0.25) is 19.5 Å². The fourth-order valence-corrected chi connectivity index (χ4v) is 3.99. The molecule has 2 aromatic heterocycles. The Morgan fingerprint density at radius 3 is 2.93 bits per heavy atom. The number of hydrogen-bond acceptors (Lipinski definition) is 7. The molecule has 1 aromatic carbocycles. The summed E-state index contributed by atoms with van der Waals surface area (Å²) in [4.78, 5) is 23.8. The summed E-state index contributed by atoms with van der Waals surface area (Å²) >= 11 is 8.51. The van der Waals surface area contributed by atoms with Gasteiger partial charge >= 0.3 is 0 Å². The Morgan fingerprint density at radius 1 is 1.43 bits per heavy atom. The highest BCUT2D eigenvalue weighted by Gasteiger charge is 2.18. The molecule has 0 unspecified atom stereocenters. The van der Waals surface area contributed by atoms with Crippen LogP contribution in [0, 0.1) is 10.1 Å². The van der Waals surface area contributed by atoms with Crippen molar-refractivity contribution in [3.05, 3.63) is 63.5 Å². The number of carbonyl (C=O) groups excluding carboxylic acids is 1.